The minimum atomic E-state index is -5.56. The van der Waals surface area contributed by atoms with Crippen LogP contribution in [-0.2, 0) is 4.79 Å². The fourth-order valence-electron chi connectivity index (χ4n) is 1.35. The number of hydrogen-bond acceptors (Lipinski definition) is 1. The Morgan fingerprint density at radius 3 is 1.57 bits per heavy atom. The summed E-state index contributed by atoms with van der Waals surface area (Å²) in [4.78, 5) is 10.1. The van der Waals surface area contributed by atoms with E-state index in [2.05, 4.69) is 0 Å². The molecule has 2 nitrogen and oxygen atoms in total. The topological polar surface area (TPSA) is 37.3 Å². The van der Waals surface area contributed by atoms with Crippen LogP contribution >= 0.6 is 0 Å². The van der Waals surface area contributed by atoms with Gasteiger partial charge in [0, 0.05) is 0 Å². The summed E-state index contributed by atoms with van der Waals surface area (Å²) in [6, 6.07) is 0. The quantitative estimate of drug-likeness (QED) is 0.690. The summed E-state index contributed by atoms with van der Waals surface area (Å²) in [7, 11) is 0. The van der Waals surface area contributed by atoms with Crippen LogP contribution in [0.3, 0.4) is 0 Å². The molecule has 0 aromatic rings. The van der Waals surface area contributed by atoms with Crippen LogP contribution in [0.25, 0.3) is 0 Å². The highest BCUT2D eigenvalue weighted by molar-refractivity contribution is 5.75. The van der Waals surface area contributed by atoms with Gasteiger partial charge in [-0.1, -0.05) is 0 Å². The van der Waals surface area contributed by atoms with Crippen molar-refractivity contribution in [3.8, 4) is 0 Å². The molecule has 0 aromatic heterocycles. The molecule has 1 rings (SSSR count). The smallest absolute Gasteiger partial charge is 0.404 e. The van der Waals surface area contributed by atoms with E-state index in [0.717, 1.165) is 0 Å². The summed E-state index contributed by atoms with van der Waals surface area (Å²) < 4.78 is 72.1. The van der Waals surface area contributed by atoms with Crippen molar-refractivity contribution in [3.63, 3.8) is 0 Å². The SMILES string of the molecule is O=C(O)[C@@H]1CC1(C(F)(F)F)C(F)(F)F. The predicted molar refractivity (Wildman–Crippen MR) is 30.3 cm³/mol. The Morgan fingerprint density at radius 2 is 1.50 bits per heavy atom. The lowest BCUT2D eigenvalue weighted by molar-refractivity contribution is -0.305. The van der Waals surface area contributed by atoms with Gasteiger partial charge in [0.05, 0.1) is 5.92 Å². The second-order valence-corrected chi connectivity index (χ2v) is 3.06. The lowest BCUT2D eigenvalue weighted by atomic mass is 10.0. The van der Waals surface area contributed by atoms with Crippen molar-refractivity contribution in [1.29, 1.82) is 0 Å². The Kier molecular flexibility index (Phi) is 2.02. The van der Waals surface area contributed by atoms with E-state index in [1.54, 1.807) is 0 Å². The van der Waals surface area contributed by atoms with Crippen LogP contribution in [0.5, 0.6) is 0 Å². The zero-order valence-corrected chi connectivity index (χ0v) is 6.41. The predicted octanol–water partition coefficient (Wildman–Crippen LogP) is 2.20. The molecule has 1 atom stereocenters. The van der Waals surface area contributed by atoms with Crippen molar-refractivity contribution >= 4 is 5.97 Å². The van der Waals surface area contributed by atoms with E-state index in [1.165, 1.54) is 0 Å². The summed E-state index contributed by atoms with van der Waals surface area (Å²) >= 11 is 0. The van der Waals surface area contributed by atoms with Crippen LogP contribution in [0.15, 0.2) is 0 Å². The summed E-state index contributed by atoms with van der Waals surface area (Å²) in [6.07, 6.45) is -12.5. The lowest BCUT2D eigenvalue weighted by Crippen LogP contribution is -2.41. The number of carbonyl (C=O) groups is 1. The monoisotopic (exact) mass is 222 g/mol. The van der Waals surface area contributed by atoms with E-state index in [9.17, 15) is 31.1 Å². The molecule has 1 saturated carbocycles. The molecule has 1 aliphatic rings. The van der Waals surface area contributed by atoms with E-state index < -0.39 is 36.1 Å². The van der Waals surface area contributed by atoms with Crippen LogP contribution in [-0.4, -0.2) is 23.4 Å². The number of carboxylic acid groups (broad SMARTS) is 1. The van der Waals surface area contributed by atoms with Crippen molar-refractivity contribution in [3.05, 3.63) is 0 Å². The van der Waals surface area contributed by atoms with Gasteiger partial charge in [-0.15, -0.1) is 0 Å². The van der Waals surface area contributed by atoms with Crippen LogP contribution in [0.2, 0.25) is 0 Å². The molecule has 0 heterocycles. The molecule has 1 aliphatic carbocycles. The van der Waals surface area contributed by atoms with Gasteiger partial charge in [0.2, 0.25) is 0 Å². The average Bonchev–Trinajstić information content (AvgIpc) is 2.54. The minimum absolute atomic E-state index is 1.42. The number of hydrogen-bond donors (Lipinski definition) is 1. The maximum atomic E-state index is 12.0. The van der Waals surface area contributed by atoms with Crippen molar-refractivity contribution in [1.82, 2.24) is 0 Å². The van der Waals surface area contributed by atoms with Gasteiger partial charge in [-0.05, 0) is 6.42 Å². The highest BCUT2D eigenvalue weighted by Gasteiger charge is 2.85. The van der Waals surface area contributed by atoms with Crippen molar-refractivity contribution < 1.29 is 36.2 Å². The number of carboxylic acids is 1. The van der Waals surface area contributed by atoms with Gasteiger partial charge in [0.15, 0.2) is 5.41 Å². The largest absolute Gasteiger partial charge is 0.481 e. The maximum Gasteiger partial charge on any atom is 0.404 e. The first-order valence-corrected chi connectivity index (χ1v) is 3.40. The molecule has 1 fully saturated rings. The van der Waals surface area contributed by atoms with E-state index in [0.29, 0.717) is 0 Å². The molecular weight excluding hydrogens is 218 g/mol. The maximum absolute atomic E-state index is 12.0. The minimum Gasteiger partial charge on any atom is -0.481 e. The molecule has 8 heteroatoms. The molecule has 0 radical (unpaired) electrons. The second kappa shape index (κ2) is 2.54. The first kappa shape index (κ1) is 11.1. The number of aliphatic carboxylic acids is 1. The van der Waals surface area contributed by atoms with E-state index in [1.807, 2.05) is 0 Å². The molecular formula is C6H4F6O2. The summed E-state index contributed by atoms with van der Waals surface area (Å²) in [5, 5.41) is 8.12. The number of rotatable bonds is 1. The Balaban J connectivity index is 3.05. The summed E-state index contributed by atoms with van der Waals surface area (Å²) in [5.41, 5.74) is -4.04. The molecule has 0 bridgehead atoms. The van der Waals surface area contributed by atoms with Crippen LogP contribution in [0, 0.1) is 11.3 Å². The van der Waals surface area contributed by atoms with Gasteiger partial charge in [0.1, 0.15) is 0 Å². The molecule has 14 heavy (non-hydrogen) atoms. The van der Waals surface area contributed by atoms with Gasteiger partial charge < -0.3 is 5.11 Å². The zero-order valence-electron chi connectivity index (χ0n) is 6.41. The van der Waals surface area contributed by atoms with E-state index >= 15 is 0 Å². The molecule has 0 aromatic carbocycles. The third-order valence-electron chi connectivity index (χ3n) is 2.27. The summed E-state index contributed by atoms with van der Waals surface area (Å²) in [5.74, 6) is -4.47. The van der Waals surface area contributed by atoms with Crippen LogP contribution in [0.4, 0.5) is 26.3 Å². The second-order valence-electron chi connectivity index (χ2n) is 3.06. The molecule has 0 aliphatic heterocycles. The molecule has 0 unspecified atom stereocenters. The zero-order chi connectivity index (χ0) is 11.4. The third kappa shape index (κ3) is 1.24. The Hall–Kier alpha value is -0.950. The van der Waals surface area contributed by atoms with Crippen molar-refractivity contribution in [2.24, 2.45) is 11.3 Å². The fraction of sp³-hybridized carbons (Fsp3) is 0.833. The third-order valence-corrected chi connectivity index (χ3v) is 2.27. The Bertz CT molecular complexity index is 250. The van der Waals surface area contributed by atoms with Crippen LogP contribution < -0.4 is 0 Å². The first-order chi connectivity index (χ1) is 6.04. The highest BCUT2D eigenvalue weighted by atomic mass is 19.4. The highest BCUT2D eigenvalue weighted by Crippen LogP contribution is 2.70. The average molecular weight is 222 g/mol. The van der Waals surface area contributed by atoms with Gasteiger partial charge in [-0.3, -0.25) is 4.79 Å². The molecule has 1 N–H and O–H groups in total. The molecule has 0 saturated heterocycles. The van der Waals surface area contributed by atoms with Gasteiger partial charge in [-0.2, -0.15) is 26.3 Å². The molecule has 0 amide bonds. The molecule has 82 valence electrons. The number of halogens is 6. The van der Waals surface area contributed by atoms with Gasteiger partial charge in [-0.25, -0.2) is 0 Å². The summed E-state index contributed by atoms with van der Waals surface area (Å²) in [6.45, 7) is 0. The Morgan fingerprint density at radius 1 is 1.14 bits per heavy atom. The van der Waals surface area contributed by atoms with Gasteiger partial charge >= 0.3 is 18.3 Å². The Labute approximate surface area is 73.5 Å². The van der Waals surface area contributed by atoms with E-state index in [4.69, 9.17) is 5.11 Å². The lowest BCUT2D eigenvalue weighted by Gasteiger charge is -2.22. The normalized spacial score (nSPS) is 26.0. The molecule has 0 spiro atoms. The fourth-order valence-corrected chi connectivity index (χ4v) is 1.35. The van der Waals surface area contributed by atoms with Gasteiger partial charge in [0.25, 0.3) is 0 Å². The van der Waals surface area contributed by atoms with Crippen molar-refractivity contribution in [2.45, 2.75) is 18.8 Å². The van der Waals surface area contributed by atoms with E-state index in [-0.39, 0.29) is 0 Å². The number of alkyl halides is 6. The standard InChI is InChI=1S/C6H4F6O2/c7-5(8,9)4(6(10,11)12)1-2(4)3(13)14/h2H,1H2,(H,13,14)/t2-/m0/s1. The first-order valence-electron chi connectivity index (χ1n) is 3.40. The van der Waals surface area contributed by atoms with Crippen molar-refractivity contribution in [2.75, 3.05) is 0 Å². The van der Waals surface area contributed by atoms with Crippen LogP contribution in [0.1, 0.15) is 6.42 Å².